The Kier molecular flexibility index (Phi) is 8.44. The second kappa shape index (κ2) is 10.7. The number of carbonyl (C=O) groups excluding carboxylic acids is 2. The van der Waals surface area contributed by atoms with Crippen molar-refractivity contribution in [2.45, 2.75) is 103 Å². The summed E-state index contributed by atoms with van der Waals surface area (Å²) < 4.78 is 82.1. The van der Waals surface area contributed by atoms with Crippen molar-refractivity contribution in [3.63, 3.8) is 0 Å². The fraction of sp³-hybridized carbons (Fsp3) is 0.548. The number of nitrogens with one attached hydrogen (secondary N) is 2. The highest BCUT2D eigenvalue weighted by Crippen LogP contribution is 2.59. The van der Waals surface area contributed by atoms with Crippen molar-refractivity contribution < 1.29 is 35.9 Å². The summed E-state index contributed by atoms with van der Waals surface area (Å²) in [4.78, 5) is 26.1. The first-order valence-corrected chi connectivity index (χ1v) is 13.6. The van der Waals surface area contributed by atoms with Gasteiger partial charge in [0.15, 0.2) is 0 Å². The van der Waals surface area contributed by atoms with Crippen molar-refractivity contribution in [3.05, 3.63) is 69.8 Å². The molecule has 0 bridgehead atoms. The SMILES string of the molecule is CCC(C)(C)NC(=O)c1cc(C(F)(F)F)cc(C2(C)CC2C(C)(C)NC(=O)c2cc(C(C)C)cc(C(F)(F)F)c2)c1. The number of amides is 2. The summed E-state index contributed by atoms with van der Waals surface area (Å²) in [6, 6.07) is 6.56. The number of rotatable bonds is 8. The van der Waals surface area contributed by atoms with Crippen LogP contribution in [0.2, 0.25) is 0 Å². The molecule has 1 aliphatic carbocycles. The van der Waals surface area contributed by atoms with Gasteiger partial charge in [-0.2, -0.15) is 26.3 Å². The topological polar surface area (TPSA) is 58.2 Å². The van der Waals surface area contributed by atoms with Crippen LogP contribution in [0.3, 0.4) is 0 Å². The lowest BCUT2D eigenvalue weighted by Gasteiger charge is -2.30. The van der Waals surface area contributed by atoms with Gasteiger partial charge in [-0.05, 0) is 105 Å². The summed E-state index contributed by atoms with van der Waals surface area (Å²) in [6.07, 6.45) is -8.34. The summed E-state index contributed by atoms with van der Waals surface area (Å²) in [5.74, 6) is -1.93. The fourth-order valence-corrected chi connectivity index (χ4v) is 5.19. The molecule has 0 aliphatic heterocycles. The predicted molar refractivity (Wildman–Crippen MR) is 146 cm³/mol. The zero-order chi connectivity index (χ0) is 31.3. The number of hydrogen-bond acceptors (Lipinski definition) is 2. The molecule has 1 aliphatic rings. The Balaban J connectivity index is 1.94. The summed E-state index contributed by atoms with van der Waals surface area (Å²) in [5, 5.41) is 5.59. The number of alkyl halides is 6. The maximum atomic E-state index is 13.9. The van der Waals surface area contributed by atoms with Gasteiger partial charge >= 0.3 is 12.4 Å². The zero-order valence-electron chi connectivity index (χ0n) is 24.6. The minimum absolute atomic E-state index is 0.116. The van der Waals surface area contributed by atoms with Gasteiger partial charge in [-0.15, -0.1) is 0 Å². The van der Waals surface area contributed by atoms with Crippen molar-refractivity contribution in [2.24, 2.45) is 5.92 Å². The molecule has 1 saturated carbocycles. The molecule has 2 atom stereocenters. The first-order valence-electron chi connectivity index (χ1n) is 13.6. The monoisotopic (exact) mass is 584 g/mol. The van der Waals surface area contributed by atoms with E-state index in [4.69, 9.17) is 0 Å². The van der Waals surface area contributed by atoms with Crippen molar-refractivity contribution in [1.82, 2.24) is 10.6 Å². The van der Waals surface area contributed by atoms with Crippen LogP contribution >= 0.6 is 0 Å². The van der Waals surface area contributed by atoms with Crippen LogP contribution in [-0.2, 0) is 17.8 Å². The molecule has 226 valence electrons. The molecule has 1 fully saturated rings. The van der Waals surface area contributed by atoms with E-state index in [0.29, 0.717) is 24.0 Å². The molecule has 0 spiro atoms. The van der Waals surface area contributed by atoms with Gasteiger partial charge in [0.25, 0.3) is 11.8 Å². The van der Waals surface area contributed by atoms with E-state index in [9.17, 15) is 35.9 Å². The van der Waals surface area contributed by atoms with Crippen molar-refractivity contribution in [3.8, 4) is 0 Å². The molecule has 0 radical (unpaired) electrons. The number of hydrogen-bond donors (Lipinski definition) is 2. The zero-order valence-corrected chi connectivity index (χ0v) is 24.6. The number of halogens is 6. The highest BCUT2D eigenvalue weighted by Gasteiger charge is 2.59. The van der Waals surface area contributed by atoms with Crippen LogP contribution in [-0.4, -0.2) is 22.9 Å². The molecule has 2 unspecified atom stereocenters. The molecule has 2 amide bonds. The molecular formula is C31H38F6N2O2. The largest absolute Gasteiger partial charge is 0.416 e. The molecule has 2 N–H and O–H groups in total. The second-order valence-electron chi connectivity index (χ2n) is 12.8. The van der Waals surface area contributed by atoms with E-state index in [1.54, 1.807) is 48.5 Å². The van der Waals surface area contributed by atoms with Crippen molar-refractivity contribution in [2.75, 3.05) is 0 Å². The van der Waals surface area contributed by atoms with Crippen LogP contribution in [0, 0.1) is 5.92 Å². The third kappa shape index (κ3) is 7.25. The van der Waals surface area contributed by atoms with Crippen molar-refractivity contribution >= 4 is 11.8 Å². The molecule has 3 rings (SSSR count). The van der Waals surface area contributed by atoms with Crippen molar-refractivity contribution in [1.29, 1.82) is 0 Å². The van der Waals surface area contributed by atoms with Gasteiger partial charge in [0.2, 0.25) is 0 Å². The first kappa shape index (κ1) is 32.5. The third-order valence-electron chi connectivity index (χ3n) is 8.27. The first-order chi connectivity index (χ1) is 18.5. The lowest BCUT2D eigenvalue weighted by atomic mass is 9.85. The van der Waals surface area contributed by atoms with Gasteiger partial charge in [0, 0.05) is 22.2 Å². The summed E-state index contributed by atoms with van der Waals surface area (Å²) >= 11 is 0. The molecular weight excluding hydrogens is 546 g/mol. The Morgan fingerprint density at radius 1 is 0.829 bits per heavy atom. The molecule has 2 aromatic carbocycles. The van der Waals surface area contributed by atoms with Crippen LogP contribution < -0.4 is 10.6 Å². The lowest BCUT2D eigenvalue weighted by molar-refractivity contribution is -0.138. The number of carbonyl (C=O) groups is 2. The fourth-order valence-electron chi connectivity index (χ4n) is 5.19. The maximum Gasteiger partial charge on any atom is 0.416 e. The molecule has 41 heavy (non-hydrogen) atoms. The third-order valence-corrected chi connectivity index (χ3v) is 8.27. The molecule has 10 heteroatoms. The van der Waals surface area contributed by atoms with E-state index in [1.165, 1.54) is 12.1 Å². The molecule has 2 aromatic rings. The van der Waals surface area contributed by atoms with E-state index in [0.717, 1.165) is 24.3 Å². The van der Waals surface area contributed by atoms with Gasteiger partial charge in [-0.1, -0.05) is 27.7 Å². The van der Waals surface area contributed by atoms with Crippen LogP contribution in [0.4, 0.5) is 26.3 Å². The van der Waals surface area contributed by atoms with Gasteiger partial charge in [0.05, 0.1) is 11.1 Å². The van der Waals surface area contributed by atoms with E-state index in [2.05, 4.69) is 10.6 Å². The Hall–Kier alpha value is -3.04. The summed E-state index contributed by atoms with van der Waals surface area (Å²) in [7, 11) is 0. The standard InChI is InChI=1S/C31H38F6N2O2/c1-9-27(4,5)38-25(40)20-12-21(15-23(14-20)31(35,36)37)29(8)16-24(29)28(6,7)39-26(41)19-10-18(17(2)3)11-22(13-19)30(32,33)34/h10-15,17,24H,9,16H2,1-8H3,(H,38,40)(H,39,41). The number of benzene rings is 2. The average molecular weight is 585 g/mol. The van der Waals surface area contributed by atoms with Gasteiger partial charge in [-0.25, -0.2) is 0 Å². The van der Waals surface area contributed by atoms with E-state index >= 15 is 0 Å². The molecule has 0 aromatic heterocycles. The van der Waals surface area contributed by atoms with Crippen LogP contribution in [0.25, 0.3) is 0 Å². The summed E-state index contributed by atoms with van der Waals surface area (Å²) in [6.45, 7) is 14.0. The van der Waals surface area contributed by atoms with Crippen LogP contribution in [0.15, 0.2) is 36.4 Å². The average Bonchev–Trinajstić information content (AvgIpc) is 3.56. The van der Waals surface area contributed by atoms with Gasteiger partial charge in [0.1, 0.15) is 0 Å². The highest BCUT2D eigenvalue weighted by molar-refractivity contribution is 5.96. The normalized spacial score (nSPS) is 19.7. The highest BCUT2D eigenvalue weighted by atomic mass is 19.4. The Morgan fingerprint density at radius 2 is 1.32 bits per heavy atom. The van der Waals surface area contributed by atoms with E-state index < -0.39 is 51.8 Å². The second-order valence-corrected chi connectivity index (χ2v) is 12.8. The van der Waals surface area contributed by atoms with E-state index in [-0.39, 0.29) is 23.0 Å². The molecule has 0 heterocycles. The van der Waals surface area contributed by atoms with Crippen LogP contribution in [0.5, 0.6) is 0 Å². The molecule has 4 nitrogen and oxygen atoms in total. The minimum atomic E-state index is -4.69. The van der Waals surface area contributed by atoms with E-state index in [1.807, 2.05) is 6.92 Å². The van der Waals surface area contributed by atoms with Gasteiger partial charge in [-0.3, -0.25) is 9.59 Å². The lowest BCUT2D eigenvalue weighted by Crippen LogP contribution is -2.47. The predicted octanol–water partition coefficient (Wildman–Crippen LogP) is 8.25. The Bertz CT molecular complexity index is 1330. The smallest absolute Gasteiger partial charge is 0.347 e. The Labute approximate surface area is 237 Å². The van der Waals surface area contributed by atoms with Crippen LogP contribution in [0.1, 0.15) is 117 Å². The molecule has 0 saturated heterocycles. The van der Waals surface area contributed by atoms with Gasteiger partial charge < -0.3 is 10.6 Å². The maximum absolute atomic E-state index is 13.9. The minimum Gasteiger partial charge on any atom is -0.347 e. The quantitative estimate of drug-likeness (QED) is 0.307. The Morgan fingerprint density at radius 3 is 1.80 bits per heavy atom. The summed E-state index contributed by atoms with van der Waals surface area (Å²) in [5.41, 5.74) is -3.89.